The van der Waals surface area contributed by atoms with Gasteiger partial charge in [0.05, 0.1) is 17.9 Å². The molecule has 6 heteroatoms. The second-order valence-corrected chi connectivity index (χ2v) is 10.2. The van der Waals surface area contributed by atoms with Crippen LogP contribution in [0.2, 0.25) is 0 Å². The predicted molar refractivity (Wildman–Crippen MR) is 127 cm³/mol. The number of aromatic nitrogens is 1. The lowest BCUT2D eigenvalue weighted by molar-refractivity contribution is -0.122. The van der Waals surface area contributed by atoms with Crippen molar-refractivity contribution in [3.63, 3.8) is 0 Å². The molecule has 32 heavy (non-hydrogen) atoms. The molecule has 2 aromatic rings. The van der Waals surface area contributed by atoms with Crippen LogP contribution in [-0.2, 0) is 16.1 Å². The Bertz CT molecular complexity index is 954. The van der Waals surface area contributed by atoms with Gasteiger partial charge in [0.25, 0.3) is 0 Å². The first-order valence-corrected chi connectivity index (χ1v) is 11.4. The molecular formula is C26H36FN3O2. The maximum atomic E-state index is 16.0. The van der Waals surface area contributed by atoms with Crippen molar-refractivity contribution < 1.29 is 13.9 Å². The van der Waals surface area contributed by atoms with Crippen molar-refractivity contribution in [3.05, 3.63) is 47.0 Å². The molecular weight excluding hydrogens is 405 g/mol. The molecule has 0 spiro atoms. The topological polar surface area (TPSA) is 54.5 Å². The summed E-state index contributed by atoms with van der Waals surface area (Å²) >= 11 is 0. The fourth-order valence-electron chi connectivity index (χ4n) is 4.39. The number of rotatable bonds is 5. The van der Waals surface area contributed by atoms with E-state index in [0.29, 0.717) is 30.8 Å². The van der Waals surface area contributed by atoms with Crippen LogP contribution in [0, 0.1) is 25.1 Å². The number of nitrogens with zero attached hydrogens (tertiary/aromatic N) is 2. The van der Waals surface area contributed by atoms with Crippen molar-refractivity contribution in [1.29, 1.82) is 0 Å². The van der Waals surface area contributed by atoms with E-state index in [1.54, 1.807) is 0 Å². The van der Waals surface area contributed by atoms with E-state index in [2.05, 4.69) is 10.3 Å². The molecule has 2 unspecified atom stereocenters. The van der Waals surface area contributed by atoms with Gasteiger partial charge in [0.1, 0.15) is 0 Å². The number of halogens is 1. The lowest BCUT2D eigenvalue weighted by Gasteiger charge is -2.37. The van der Waals surface area contributed by atoms with Crippen LogP contribution in [0.3, 0.4) is 0 Å². The van der Waals surface area contributed by atoms with Gasteiger partial charge in [0, 0.05) is 43.0 Å². The molecule has 2 heterocycles. The van der Waals surface area contributed by atoms with Crippen LogP contribution < -0.4 is 10.2 Å². The number of morpholine rings is 1. The van der Waals surface area contributed by atoms with Crippen LogP contribution in [0.4, 0.5) is 10.1 Å². The number of benzene rings is 1. The first kappa shape index (κ1) is 24.2. The first-order valence-electron chi connectivity index (χ1n) is 11.4. The van der Waals surface area contributed by atoms with Crippen LogP contribution in [0.15, 0.2) is 24.3 Å². The molecule has 1 aliphatic heterocycles. The number of amides is 1. The summed E-state index contributed by atoms with van der Waals surface area (Å²) in [6.45, 7) is 15.3. The average Bonchev–Trinajstić information content (AvgIpc) is 2.63. The zero-order valence-corrected chi connectivity index (χ0v) is 20.4. The zero-order valence-electron chi connectivity index (χ0n) is 20.4. The predicted octanol–water partition coefficient (Wildman–Crippen LogP) is 5.17. The Morgan fingerprint density at radius 2 is 1.75 bits per heavy atom. The highest BCUT2D eigenvalue weighted by Gasteiger charge is 2.26. The minimum atomic E-state index is -0.285. The molecule has 3 rings (SSSR count). The molecule has 0 saturated carbocycles. The largest absolute Gasteiger partial charge is 0.372 e. The summed E-state index contributed by atoms with van der Waals surface area (Å²) in [6.07, 6.45) is 0.437. The molecule has 5 nitrogen and oxygen atoms in total. The lowest BCUT2D eigenvalue weighted by Crippen LogP contribution is -2.46. The van der Waals surface area contributed by atoms with Gasteiger partial charge in [-0.25, -0.2) is 4.39 Å². The smallest absolute Gasteiger partial charge is 0.220 e. The molecule has 2 atom stereocenters. The fourth-order valence-corrected chi connectivity index (χ4v) is 4.39. The maximum Gasteiger partial charge on any atom is 0.220 e. The Labute approximate surface area is 191 Å². The number of hydrogen-bond acceptors (Lipinski definition) is 4. The molecule has 1 fully saturated rings. The Balaban J connectivity index is 2.01. The van der Waals surface area contributed by atoms with Crippen LogP contribution in [-0.4, -0.2) is 36.2 Å². The summed E-state index contributed by atoms with van der Waals surface area (Å²) < 4.78 is 21.8. The average molecular weight is 442 g/mol. The van der Waals surface area contributed by atoms with E-state index in [0.717, 1.165) is 22.5 Å². The van der Waals surface area contributed by atoms with E-state index in [9.17, 15) is 4.79 Å². The van der Waals surface area contributed by atoms with Crippen molar-refractivity contribution in [2.45, 2.75) is 73.6 Å². The zero-order chi connectivity index (χ0) is 23.6. The van der Waals surface area contributed by atoms with Crippen molar-refractivity contribution in [2.24, 2.45) is 5.41 Å². The van der Waals surface area contributed by atoms with Crippen LogP contribution in [0.5, 0.6) is 0 Å². The number of carbonyl (C=O) groups is 1. The Kier molecular flexibility index (Phi) is 7.23. The number of anilines is 1. The van der Waals surface area contributed by atoms with Crippen LogP contribution >= 0.6 is 0 Å². The van der Waals surface area contributed by atoms with E-state index in [1.165, 1.54) is 0 Å². The van der Waals surface area contributed by atoms with Crippen LogP contribution in [0.1, 0.15) is 58.0 Å². The molecule has 0 aliphatic carbocycles. The first-order chi connectivity index (χ1) is 14.9. The van der Waals surface area contributed by atoms with Gasteiger partial charge < -0.3 is 15.0 Å². The number of pyridine rings is 1. The summed E-state index contributed by atoms with van der Waals surface area (Å²) in [5.74, 6) is -0.365. The third kappa shape index (κ3) is 6.06. The highest BCUT2D eigenvalue weighted by molar-refractivity contribution is 5.78. The van der Waals surface area contributed by atoms with Gasteiger partial charge in [0.15, 0.2) is 5.82 Å². The third-order valence-electron chi connectivity index (χ3n) is 5.53. The van der Waals surface area contributed by atoms with Crippen molar-refractivity contribution in [3.8, 4) is 11.1 Å². The Morgan fingerprint density at radius 1 is 1.16 bits per heavy atom. The van der Waals surface area contributed by atoms with E-state index < -0.39 is 0 Å². The lowest BCUT2D eigenvalue weighted by atomic mass is 9.92. The summed E-state index contributed by atoms with van der Waals surface area (Å²) in [4.78, 5) is 19.0. The van der Waals surface area contributed by atoms with Gasteiger partial charge in [-0.05, 0) is 62.4 Å². The monoisotopic (exact) mass is 441 g/mol. The quantitative estimate of drug-likeness (QED) is 0.695. The van der Waals surface area contributed by atoms with E-state index >= 15 is 4.39 Å². The summed E-state index contributed by atoms with van der Waals surface area (Å²) in [5.41, 5.74) is 4.37. The molecule has 174 valence electrons. The SMILES string of the molecule is Cc1cc(-c2ccc(N3CC(C)OC(C)C3)c(F)c2CNC(=O)CC(C)(C)C)cc(C)n1. The molecule has 0 radical (unpaired) electrons. The van der Waals surface area contributed by atoms with Crippen LogP contribution in [0.25, 0.3) is 11.1 Å². The number of aryl methyl sites for hydroxylation is 2. The fraction of sp³-hybridized carbons (Fsp3) is 0.538. The molecule has 0 bridgehead atoms. The van der Waals surface area contributed by atoms with E-state index in [1.807, 2.05) is 77.6 Å². The number of nitrogens with one attached hydrogen (secondary N) is 1. The molecule has 1 N–H and O–H groups in total. The van der Waals surface area contributed by atoms with Gasteiger partial charge in [-0.1, -0.05) is 26.8 Å². The van der Waals surface area contributed by atoms with Crippen molar-refractivity contribution >= 4 is 11.6 Å². The molecule has 1 aromatic carbocycles. The number of ether oxygens (including phenoxy) is 1. The third-order valence-corrected chi connectivity index (χ3v) is 5.53. The number of carbonyl (C=O) groups excluding carboxylic acids is 1. The van der Waals surface area contributed by atoms with E-state index in [-0.39, 0.29) is 35.9 Å². The minimum absolute atomic E-state index is 0.0262. The summed E-state index contributed by atoms with van der Waals surface area (Å²) in [5, 5.41) is 2.95. The molecule has 1 saturated heterocycles. The molecule has 1 amide bonds. The van der Waals surface area contributed by atoms with Gasteiger partial charge in [-0.2, -0.15) is 0 Å². The summed E-state index contributed by atoms with van der Waals surface area (Å²) in [7, 11) is 0. The Hall–Kier alpha value is -2.47. The van der Waals surface area contributed by atoms with Gasteiger partial charge in [-0.15, -0.1) is 0 Å². The second-order valence-electron chi connectivity index (χ2n) is 10.2. The number of hydrogen-bond donors (Lipinski definition) is 1. The minimum Gasteiger partial charge on any atom is -0.372 e. The standard InChI is InChI=1S/C26H36FN3O2/c1-16-10-20(11-17(2)29-16)21-8-9-23(30-14-18(3)32-19(4)15-30)25(27)22(21)13-28-24(31)12-26(5,6)7/h8-11,18-19H,12-15H2,1-7H3,(H,28,31). The Morgan fingerprint density at radius 3 is 2.31 bits per heavy atom. The van der Waals surface area contributed by atoms with E-state index in [4.69, 9.17) is 4.74 Å². The maximum absolute atomic E-state index is 16.0. The van der Waals surface area contributed by atoms with Gasteiger partial charge in [0.2, 0.25) is 5.91 Å². The second kappa shape index (κ2) is 9.57. The van der Waals surface area contributed by atoms with Crippen molar-refractivity contribution in [2.75, 3.05) is 18.0 Å². The normalized spacial score (nSPS) is 19.2. The highest BCUT2D eigenvalue weighted by Crippen LogP contribution is 2.34. The highest BCUT2D eigenvalue weighted by atomic mass is 19.1. The molecule has 1 aliphatic rings. The van der Waals surface area contributed by atoms with Gasteiger partial charge >= 0.3 is 0 Å². The van der Waals surface area contributed by atoms with Gasteiger partial charge in [-0.3, -0.25) is 9.78 Å². The van der Waals surface area contributed by atoms with Crippen molar-refractivity contribution in [1.82, 2.24) is 10.3 Å². The summed E-state index contributed by atoms with van der Waals surface area (Å²) in [6, 6.07) is 7.73. The molecule has 1 aromatic heterocycles.